The van der Waals surface area contributed by atoms with Gasteiger partial charge in [0, 0.05) is 62.3 Å². The molecular formula is C32H40ClN5O2. The van der Waals surface area contributed by atoms with Gasteiger partial charge < -0.3 is 14.2 Å². The van der Waals surface area contributed by atoms with E-state index in [4.69, 9.17) is 21.3 Å². The van der Waals surface area contributed by atoms with Crippen LogP contribution >= 0.6 is 11.6 Å². The second-order valence-corrected chi connectivity index (χ2v) is 12.0. The number of hydrogen-bond donors (Lipinski definition) is 0. The van der Waals surface area contributed by atoms with Gasteiger partial charge in [0.25, 0.3) is 6.47 Å². The molecule has 0 unspecified atom stereocenters. The van der Waals surface area contributed by atoms with Gasteiger partial charge in [-0.15, -0.1) is 0 Å². The van der Waals surface area contributed by atoms with Gasteiger partial charge in [-0.3, -0.25) is 14.7 Å². The molecule has 212 valence electrons. The van der Waals surface area contributed by atoms with Crippen molar-refractivity contribution in [1.29, 1.82) is 0 Å². The van der Waals surface area contributed by atoms with Crippen LogP contribution in [-0.4, -0.2) is 69.6 Å². The highest BCUT2D eigenvalue weighted by molar-refractivity contribution is 6.30. The Bertz CT molecular complexity index is 1350. The number of likely N-dealkylation sites (N-methyl/N-ethyl adjacent to an activating group) is 1. The Labute approximate surface area is 242 Å². The zero-order valence-electron chi connectivity index (χ0n) is 24.0. The summed E-state index contributed by atoms with van der Waals surface area (Å²) in [5.74, 6) is 0.170. The number of ether oxygens (including phenoxy) is 1. The van der Waals surface area contributed by atoms with Crippen molar-refractivity contribution in [2.24, 2.45) is 7.05 Å². The van der Waals surface area contributed by atoms with Crippen LogP contribution in [0, 0.1) is 0 Å². The quantitative estimate of drug-likeness (QED) is 0.358. The molecule has 0 radical (unpaired) electrons. The van der Waals surface area contributed by atoms with Crippen LogP contribution in [0.3, 0.4) is 0 Å². The van der Waals surface area contributed by atoms with Gasteiger partial charge in [0.15, 0.2) is 0 Å². The van der Waals surface area contributed by atoms with Gasteiger partial charge >= 0.3 is 0 Å². The van der Waals surface area contributed by atoms with Crippen molar-refractivity contribution in [3.8, 4) is 0 Å². The summed E-state index contributed by atoms with van der Waals surface area (Å²) < 4.78 is 7.01. The number of imidazole rings is 1. The second kappa shape index (κ2) is 12.2. The Kier molecular flexibility index (Phi) is 8.74. The molecule has 2 aromatic heterocycles. The van der Waals surface area contributed by atoms with E-state index in [1.165, 1.54) is 40.8 Å². The monoisotopic (exact) mass is 561 g/mol. The van der Waals surface area contributed by atoms with Gasteiger partial charge in [0.05, 0.1) is 18.1 Å². The molecule has 7 nitrogen and oxygen atoms in total. The number of fused-ring (bicyclic) bond motifs is 2. The fraction of sp³-hybridized carbons (Fsp3) is 0.469. The Morgan fingerprint density at radius 1 is 1.12 bits per heavy atom. The first-order valence-corrected chi connectivity index (χ1v) is 14.6. The van der Waals surface area contributed by atoms with Crippen LogP contribution in [0.15, 0.2) is 49.1 Å². The average Bonchev–Trinajstić information content (AvgIpc) is 3.54. The highest BCUT2D eigenvalue weighted by Gasteiger charge is 2.34. The Hall–Kier alpha value is -3.00. The maximum Gasteiger partial charge on any atom is 0.293 e. The molecular weight excluding hydrogens is 522 g/mol. The van der Waals surface area contributed by atoms with E-state index in [1.807, 2.05) is 37.8 Å². The molecule has 1 aliphatic heterocycles. The number of benzene rings is 1. The molecule has 1 saturated heterocycles. The molecule has 2 aliphatic carbocycles. The summed E-state index contributed by atoms with van der Waals surface area (Å²) in [6, 6.07) is 10.7. The molecule has 1 saturated carbocycles. The number of halogens is 1. The number of nitrogens with zero attached hydrogens (tertiary/aromatic N) is 5. The van der Waals surface area contributed by atoms with E-state index in [2.05, 4.69) is 64.6 Å². The minimum Gasteiger partial charge on any atom is -0.462 e. The summed E-state index contributed by atoms with van der Waals surface area (Å²) in [7, 11) is 4.25. The Morgan fingerprint density at radius 2 is 1.88 bits per heavy atom. The minimum atomic E-state index is -0.123. The number of carbonyl (C=O) groups is 1. The molecule has 2 fully saturated rings. The number of rotatable bonds is 5. The highest BCUT2D eigenvalue weighted by atomic mass is 35.5. The predicted octanol–water partition coefficient (Wildman–Crippen LogP) is 5.96. The van der Waals surface area contributed by atoms with Crippen LogP contribution in [0.25, 0.3) is 11.6 Å². The van der Waals surface area contributed by atoms with Crippen molar-refractivity contribution >= 4 is 29.7 Å². The molecule has 0 N–H and O–H groups in total. The lowest BCUT2D eigenvalue weighted by molar-refractivity contribution is -0.141. The summed E-state index contributed by atoms with van der Waals surface area (Å²) in [6.07, 6.45) is 12.5. The second-order valence-electron chi connectivity index (χ2n) is 11.6. The van der Waals surface area contributed by atoms with Gasteiger partial charge in [0.1, 0.15) is 5.60 Å². The molecule has 3 aliphatic rings. The zero-order chi connectivity index (χ0) is 28.3. The number of allylic oxidation sites excluding steroid dienone is 1. The maximum absolute atomic E-state index is 9.94. The molecule has 2 atom stereocenters. The number of aromatic nitrogens is 3. The van der Waals surface area contributed by atoms with Crippen LogP contribution in [0.1, 0.15) is 79.6 Å². The fourth-order valence-electron chi connectivity index (χ4n) is 6.30. The van der Waals surface area contributed by atoms with Crippen LogP contribution in [0.4, 0.5) is 0 Å². The number of carbonyl (C=O) groups excluding carboxylic acids is 1. The molecule has 3 heterocycles. The fourth-order valence-corrected chi connectivity index (χ4v) is 6.47. The third kappa shape index (κ3) is 6.02. The van der Waals surface area contributed by atoms with Crippen molar-refractivity contribution in [3.63, 3.8) is 0 Å². The first-order valence-electron chi connectivity index (χ1n) is 14.3. The minimum absolute atomic E-state index is 0.115. The lowest BCUT2D eigenvalue weighted by Gasteiger charge is -2.38. The van der Waals surface area contributed by atoms with Gasteiger partial charge in [-0.2, -0.15) is 0 Å². The first-order chi connectivity index (χ1) is 19.3. The van der Waals surface area contributed by atoms with E-state index < -0.39 is 0 Å². The van der Waals surface area contributed by atoms with E-state index in [0.717, 1.165) is 49.7 Å². The molecule has 0 bridgehead atoms. The van der Waals surface area contributed by atoms with Crippen LogP contribution in [0.5, 0.6) is 0 Å². The van der Waals surface area contributed by atoms with Gasteiger partial charge in [0.2, 0.25) is 0 Å². The molecule has 8 heteroatoms. The average molecular weight is 562 g/mol. The third-order valence-corrected chi connectivity index (χ3v) is 8.96. The molecule has 1 aromatic carbocycles. The summed E-state index contributed by atoms with van der Waals surface area (Å²) in [4.78, 5) is 24.2. The van der Waals surface area contributed by atoms with Gasteiger partial charge in [-0.25, -0.2) is 4.98 Å². The number of piperazine rings is 1. The smallest absolute Gasteiger partial charge is 0.293 e. The van der Waals surface area contributed by atoms with Gasteiger partial charge in [-0.05, 0) is 86.2 Å². The summed E-state index contributed by atoms with van der Waals surface area (Å²) >= 11 is 6.54. The molecule has 3 aromatic rings. The van der Waals surface area contributed by atoms with Crippen LogP contribution in [-0.2, 0) is 16.6 Å². The molecule has 6 rings (SSSR count). The lowest BCUT2D eigenvalue weighted by Crippen LogP contribution is -2.46. The Balaban J connectivity index is 0.000000306. The summed E-state index contributed by atoms with van der Waals surface area (Å²) in [5.41, 5.74) is 7.12. The topological polar surface area (TPSA) is 63.5 Å². The predicted molar refractivity (Wildman–Crippen MR) is 160 cm³/mol. The number of hydrogen-bond acceptors (Lipinski definition) is 6. The first kappa shape index (κ1) is 28.5. The normalized spacial score (nSPS) is 21.2. The lowest BCUT2D eigenvalue weighted by atomic mass is 9.87. The summed E-state index contributed by atoms with van der Waals surface area (Å²) in [5, 5.41) is 0.762. The van der Waals surface area contributed by atoms with Gasteiger partial charge in [-0.1, -0.05) is 30.7 Å². The number of aryl methyl sites for hydroxylation is 1. The largest absolute Gasteiger partial charge is 0.462 e. The van der Waals surface area contributed by atoms with Crippen molar-refractivity contribution in [3.05, 3.63) is 82.2 Å². The van der Waals surface area contributed by atoms with Crippen LogP contribution in [0.2, 0.25) is 5.02 Å². The van der Waals surface area contributed by atoms with Crippen molar-refractivity contribution in [1.82, 2.24) is 24.3 Å². The maximum atomic E-state index is 9.94. The highest BCUT2D eigenvalue weighted by Crippen LogP contribution is 2.44. The number of pyridine rings is 1. The van der Waals surface area contributed by atoms with Crippen molar-refractivity contribution < 1.29 is 9.53 Å². The van der Waals surface area contributed by atoms with Crippen molar-refractivity contribution in [2.75, 3.05) is 33.2 Å². The van der Waals surface area contributed by atoms with E-state index in [1.54, 1.807) is 0 Å². The van der Waals surface area contributed by atoms with Crippen LogP contribution < -0.4 is 0 Å². The van der Waals surface area contributed by atoms with E-state index >= 15 is 0 Å². The molecule has 40 heavy (non-hydrogen) atoms. The SMILES string of the molecule is CC1(OC=O)CCCC1.C[C@H](C1=Cc2cccnc2[C@@H](N2CCN(C)CC2)c2ccc(Cl)cc21)c1cncn1C. The van der Waals surface area contributed by atoms with E-state index in [0.29, 0.717) is 6.47 Å². The molecule has 0 amide bonds. The van der Waals surface area contributed by atoms with E-state index in [9.17, 15) is 4.79 Å². The van der Waals surface area contributed by atoms with Crippen molar-refractivity contribution in [2.45, 2.75) is 57.1 Å². The van der Waals surface area contributed by atoms with E-state index in [-0.39, 0.29) is 17.6 Å². The summed E-state index contributed by atoms with van der Waals surface area (Å²) in [6.45, 7) is 8.97. The zero-order valence-corrected chi connectivity index (χ0v) is 24.8. The molecule has 0 spiro atoms. The third-order valence-electron chi connectivity index (χ3n) is 8.72. The Morgan fingerprint density at radius 3 is 2.55 bits per heavy atom. The standard InChI is InChI=1S/C25H28ClN5.C7H12O2/c1-17(23-15-27-16-30(23)3)21-13-18-5-4-8-28-24(18)25(31-11-9-29(2)10-12-31)20-7-6-19(26)14-22(20)21;1-7(9-6-8)4-2-3-5-7/h4-8,13-17,25H,9-12H2,1-3H3;6H,2-5H2,1H3/t17-,25+;/m1./s1.